The van der Waals surface area contributed by atoms with Crippen molar-refractivity contribution >= 4 is 6.09 Å². The van der Waals surface area contributed by atoms with Crippen LogP contribution in [0.2, 0.25) is 0 Å². The van der Waals surface area contributed by atoms with Crippen LogP contribution in [0.5, 0.6) is 0 Å². The predicted molar refractivity (Wildman–Crippen MR) is 79.0 cm³/mol. The van der Waals surface area contributed by atoms with Gasteiger partial charge < -0.3 is 18.8 Å². The van der Waals surface area contributed by atoms with Crippen LogP contribution in [0.3, 0.4) is 0 Å². The molecule has 1 aromatic rings. The van der Waals surface area contributed by atoms with Crippen LogP contribution in [0.1, 0.15) is 46.0 Å². The minimum atomic E-state index is -0.445. The van der Waals surface area contributed by atoms with Gasteiger partial charge in [-0.05, 0) is 46.2 Å². The molecule has 0 saturated carbocycles. The van der Waals surface area contributed by atoms with Crippen molar-refractivity contribution in [2.75, 3.05) is 19.7 Å². The Morgan fingerprint density at radius 1 is 1.52 bits per heavy atom. The van der Waals surface area contributed by atoms with Gasteiger partial charge in [0.25, 0.3) is 0 Å². The van der Waals surface area contributed by atoms with Crippen LogP contribution in [-0.4, -0.2) is 36.3 Å². The summed E-state index contributed by atoms with van der Waals surface area (Å²) in [6, 6.07) is 3.77. The molecule has 5 heteroatoms. The molecule has 0 aromatic carbocycles. The molecule has 1 saturated heterocycles. The topological polar surface area (TPSA) is 51.9 Å². The molecule has 0 unspecified atom stereocenters. The summed E-state index contributed by atoms with van der Waals surface area (Å²) in [5.41, 5.74) is -0.445. The molecule has 0 spiro atoms. The first kappa shape index (κ1) is 15.9. The van der Waals surface area contributed by atoms with E-state index in [4.69, 9.17) is 13.9 Å². The van der Waals surface area contributed by atoms with Crippen molar-refractivity contribution in [2.24, 2.45) is 5.92 Å². The van der Waals surface area contributed by atoms with Crippen LogP contribution in [0, 0.1) is 5.92 Å². The highest BCUT2D eigenvalue weighted by atomic mass is 16.6. The first-order valence-electron chi connectivity index (χ1n) is 7.48. The Morgan fingerprint density at radius 2 is 2.29 bits per heavy atom. The van der Waals surface area contributed by atoms with Crippen molar-refractivity contribution in [3.63, 3.8) is 0 Å². The maximum atomic E-state index is 12.0. The Kier molecular flexibility index (Phi) is 4.93. The van der Waals surface area contributed by atoms with Gasteiger partial charge in [-0.15, -0.1) is 0 Å². The molecule has 2 rings (SSSR count). The van der Waals surface area contributed by atoms with Crippen LogP contribution >= 0.6 is 0 Å². The monoisotopic (exact) mass is 295 g/mol. The molecule has 2 heterocycles. The van der Waals surface area contributed by atoms with E-state index in [1.54, 1.807) is 11.2 Å². The average Bonchev–Trinajstić information content (AvgIpc) is 3.05. The van der Waals surface area contributed by atoms with E-state index in [1.165, 1.54) is 0 Å². The van der Waals surface area contributed by atoms with Gasteiger partial charge in [0, 0.05) is 19.0 Å². The number of amides is 1. The lowest BCUT2D eigenvalue weighted by Crippen LogP contribution is -2.35. The Balaban J connectivity index is 1.74. The minimum absolute atomic E-state index is 0.0597. The third kappa shape index (κ3) is 4.77. The second-order valence-electron chi connectivity index (χ2n) is 6.57. The summed E-state index contributed by atoms with van der Waals surface area (Å²) in [6.45, 7) is 9.67. The number of hydrogen-bond acceptors (Lipinski definition) is 4. The molecule has 1 fully saturated rings. The molecule has 1 amide bonds. The summed E-state index contributed by atoms with van der Waals surface area (Å²) in [5.74, 6) is 1.19. The zero-order valence-corrected chi connectivity index (χ0v) is 13.3. The molecule has 1 aliphatic rings. The van der Waals surface area contributed by atoms with Gasteiger partial charge in [-0.2, -0.15) is 0 Å². The highest BCUT2D eigenvalue weighted by molar-refractivity contribution is 5.68. The lowest BCUT2D eigenvalue weighted by Gasteiger charge is -2.24. The average molecular weight is 295 g/mol. The Labute approximate surface area is 126 Å². The predicted octanol–water partition coefficient (Wildman–Crippen LogP) is 3.61. The summed E-state index contributed by atoms with van der Waals surface area (Å²) in [5, 5.41) is 0. The lowest BCUT2D eigenvalue weighted by molar-refractivity contribution is 0.0192. The highest BCUT2D eigenvalue weighted by Crippen LogP contribution is 2.23. The van der Waals surface area contributed by atoms with Crippen molar-refractivity contribution in [2.45, 2.75) is 45.8 Å². The van der Waals surface area contributed by atoms with Crippen molar-refractivity contribution in [1.82, 2.24) is 4.90 Å². The summed E-state index contributed by atoms with van der Waals surface area (Å²) >= 11 is 0. The van der Waals surface area contributed by atoms with E-state index in [2.05, 4.69) is 0 Å². The number of furan rings is 1. The second-order valence-corrected chi connectivity index (χ2v) is 6.57. The molecule has 0 aliphatic carbocycles. The third-order valence-corrected chi connectivity index (χ3v) is 3.46. The maximum Gasteiger partial charge on any atom is 0.410 e. The fraction of sp³-hybridized carbons (Fsp3) is 0.688. The van der Waals surface area contributed by atoms with E-state index < -0.39 is 5.60 Å². The largest absolute Gasteiger partial charge is 0.467 e. The standard InChI is InChI=1S/C16H25NO4/c1-12(14-6-5-9-19-14)20-11-13-7-8-17(10-13)15(18)21-16(2,3)4/h5-6,9,12-13H,7-8,10-11H2,1-4H3/t12-,13-/m1/s1. The van der Waals surface area contributed by atoms with E-state index in [0.717, 1.165) is 18.7 Å². The minimum Gasteiger partial charge on any atom is -0.467 e. The van der Waals surface area contributed by atoms with Crippen molar-refractivity contribution in [3.05, 3.63) is 24.2 Å². The zero-order chi connectivity index (χ0) is 15.5. The van der Waals surface area contributed by atoms with Crippen LogP contribution in [0.4, 0.5) is 4.79 Å². The Bertz CT molecular complexity index is 449. The van der Waals surface area contributed by atoms with Crippen LogP contribution in [-0.2, 0) is 9.47 Å². The fourth-order valence-corrected chi connectivity index (χ4v) is 2.35. The third-order valence-electron chi connectivity index (χ3n) is 3.46. The zero-order valence-electron chi connectivity index (χ0n) is 13.3. The molecule has 5 nitrogen and oxygen atoms in total. The molecule has 1 aliphatic heterocycles. The van der Waals surface area contributed by atoms with Gasteiger partial charge in [0.05, 0.1) is 12.9 Å². The van der Waals surface area contributed by atoms with Crippen LogP contribution in [0.25, 0.3) is 0 Å². The van der Waals surface area contributed by atoms with E-state index in [0.29, 0.717) is 19.1 Å². The van der Waals surface area contributed by atoms with Crippen LogP contribution in [0.15, 0.2) is 22.8 Å². The van der Waals surface area contributed by atoms with Crippen molar-refractivity contribution in [1.29, 1.82) is 0 Å². The summed E-state index contributed by atoms with van der Waals surface area (Å²) in [4.78, 5) is 13.7. The van der Waals surface area contributed by atoms with Crippen molar-refractivity contribution in [3.8, 4) is 0 Å². The van der Waals surface area contributed by atoms with E-state index in [9.17, 15) is 4.79 Å². The Hall–Kier alpha value is -1.49. The SMILES string of the molecule is C[C@@H](OC[C@@H]1CCN(C(=O)OC(C)(C)C)C1)c1ccco1. The molecule has 0 radical (unpaired) electrons. The second kappa shape index (κ2) is 6.52. The fourth-order valence-electron chi connectivity index (χ4n) is 2.35. The van der Waals surface area contributed by atoms with E-state index in [1.807, 2.05) is 39.8 Å². The number of likely N-dealkylation sites (tertiary alicyclic amines) is 1. The lowest BCUT2D eigenvalue weighted by atomic mass is 10.1. The van der Waals surface area contributed by atoms with E-state index >= 15 is 0 Å². The summed E-state index contributed by atoms with van der Waals surface area (Å²) in [7, 11) is 0. The molecule has 2 atom stereocenters. The molecular weight excluding hydrogens is 270 g/mol. The van der Waals surface area contributed by atoms with Gasteiger partial charge in [0.1, 0.15) is 17.5 Å². The van der Waals surface area contributed by atoms with Gasteiger partial charge in [-0.25, -0.2) is 4.79 Å². The van der Waals surface area contributed by atoms with Gasteiger partial charge in [-0.3, -0.25) is 0 Å². The number of carbonyl (C=O) groups is 1. The quantitative estimate of drug-likeness (QED) is 0.851. The van der Waals surface area contributed by atoms with Gasteiger partial charge in [-0.1, -0.05) is 0 Å². The summed E-state index contributed by atoms with van der Waals surface area (Å²) in [6.07, 6.45) is 2.30. The molecule has 21 heavy (non-hydrogen) atoms. The van der Waals surface area contributed by atoms with Gasteiger partial charge >= 0.3 is 6.09 Å². The smallest absolute Gasteiger partial charge is 0.410 e. The molecular formula is C16H25NO4. The number of carbonyl (C=O) groups excluding carboxylic acids is 1. The first-order valence-corrected chi connectivity index (χ1v) is 7.48. The van der Waals surface area contributed by atoms with Gasteiger partial charge in [0.15, 0.2) is 0 Å². The van der Waals surface area contributed by atoms with E-state index in [-0.39, 0.29) is 12.2 Å². The van der Waals surface area contributed by atoms with Crippen LogP contribution < -0.4 is 0 Å². The number of nitrogens with zero attached hydrogens (tertiary/aromatic N) is 1. The first-order chi connectivity index (χ1) is 9.85. The molecule has 1 aromatic heterocycles. The normalized spacial score (nSPS) is 20.6. The molecule has 0 N–H and O–H groups in total. The van der Waals surface area contributed by atoms with Gasteiger partial charge in [0.2, 0.25) is 0 Å². The number of ether oxygens (including phenoxy) is 2. The highest BCUT2D eigenvalue weighted by Gasteiger charge is 2.30. The number of hydrogen-bond donors (Lipinski definition) is 0. The number of rotatable bonds is 4. The maximum absolute atomic E-state index is 12.0. The molecule has 118 valence electrons. The molecule has 0 bridgehead atoms. The summed E-state index contributed by atoms with van der Waals surface area (Å²) < 4.78 is 16.5. The van der Waals surface area contributed by atoms with Crippen molar-refractivity contribution < 1.29 is 18.7 Å². The Morgan fingerprint density at radius 3 is 2.90 bits per heavy atom.